The number of benzene rings is 1. The number of carbonyl (C=O) groups is 1. The van der Waals surface area contributed by atoms with Gasteiger partial charge < -0.3 is 9.52 Å². The van der Waals surface area contributed by atoms with Gasteiger partial charge in [0.15, 0.2) is 0 Å². The summed E-state index contributed by atoms with van der Waals surface area (Å²) in [4.78, 5) is 20.5. The number of allylic oxidation sites excluding steroid dienone is 1. The highest BCUT2D eigenvalue weighted by molar-refractivity contribution is 5.88. The van der Waals surface area contributed by atoms with Gasteiger partial charge in [0.25, 0.3) is 0 Å². The fourth-order valence-electron chi connectivity index (χ4n) is 1.51. The summed E-state index contributed by atoms with van der Waals surface area (Å²) in [6.07, 6.45) is 4.49. The number of carboxylic acid groups (broad SMARTS) is 1. The molecule has 22 heavy (non-hydrogen) atoms. The lowest BCUT2D eigenvalue weighted by molar-refractivity contribution is -0.402. The molecule has 0 spiro atoms. The summed E-state index contributed by atoms with van der Waals surface area (Å²) in [5.41, 5.74) is 3.52. The lowest BCUT2D eigenvalue weighted by Crippen LogP contribution is -1.96. The Hall–Kier alpha value is -3.42. The first-order valence-corrected chi connectivity index (χ1v) is 6.09. The Bertz CT molecular complexity index is 731. The van der Waals surface area contributed by atoms with Crippen molar-refractivity contribution in [3.8, 4) is 0 Å². The molecule has 0 fully saturated rings. The van der Waals surface area contributed by atoms with E-state index in [-0.39, 0.29) is 11.4 Å². The minimum Gasteiger partial charge on any atom is -0.478 e. The lowest BCUT2D eigenvalue weighted by Gasteiger charge is -1.99. The minimum atomic E-state index is -0.995. The molecule has 2 N–H and O–H groups in total. The second-order valence-corrected chi connectivity index (χ2v) is 4.06. The van der Waals surface area contributed by atoms with Gasteiger partial charge in [0.05, 0.1) is 17.3 Å². The molecule has 0 aliphatic rings. The van der Waals surface area contributed by atoms with Crippen molar-refractivity contribution in [3.63, 3.8) is 0 Å². The third kappa shape index (κ3) is 4.04. The maximum atomic E-state index is 10.7. The van der Waals surface area contributed by atoms with Crippen molar-refractivity contribution in [2.75, 3.05) is 5.43 Å². The van der Waals surface area contributed by atoms with Crippen LogP contribution in [0.3, 0.4) is 0 Å². The van der Waals surface area contributed by atoms with Gasteiger partial charge in [0.2, 0.25) is 0 Å². The zero-order valence-corrected chi connectivity index (χ0v) is 11.2. The number of nitro groups is 1. The van der Waals surface area contributed by atoms with Crippen LogP contribution in [0.25, 0.3) is 6.08 Å². The van der Waals surface area contributed by atoms with Crippen molar-refractivity contribution >= 4 is 29.8 Å². The predicted octanol–water partition coefficient (Wildman–Crippen LogP) is 3.00. The number of furan rings is 1. The second kappa shape index (κ2) is 6.84. The number of aromatic carboxylic acids is 1. The van der Waals surface area contributed by atoms with E-state index in [9.17, 15) is 14.9 Å². The Morgan fingerprint density at radius 1 is 1.27 bits per heavy atom. The molecule has 8 nitrogen and oxygen atoms in total. The van der Waals surface area contributed by atoms with Gasteiger partial charge in [-0.2, -0.15) is 5.10 Å². The molecule has 112 valence electrons. The summed E-state index contributed by atoms with van der Waals surface area (Å²) < 4.78 is 4.92. The highest BCUT2D eigenvalue weighted by atomic mass is 16.6. The molecule has 0 unspecified atom stereocenters. The summed E-state index contributed by atoms with van der Waals surface area (Å²) in [6.45, 7) is 0. The number of hydrogen-bond acceptors (Lipinski definition) is 6. The summed E-state index contributed by atoms with van der Waals surface area (Å²) in [5, 5.41) is 23.1. The van der Waals surface area contributed by atoms with Gasteiger partial charge in [0, 0.05) is 6.21 Å². The number of nitrogens with zero attached hydrogens (tertiary/aromatic N) is 2. The standard InChI is InChI=1S/C14H11N3O5/c18-14(19)10-3-5-11(6-4-10)16-15-9-1-2-12-7-8-13(22-12)17(20)21/h1-9,16H,(H,18,19). The molecule has 8 heteroatoms. The quantitative estimate of drug-likeness (QED) is 0.481. The van der Waals surface area contributed by atoms with Crippen LogP contribution < -0.4 is 5.43 Å². The Morgan fingerprint density at radius 2 is 2.00 bits per heavy atom. The van der Waals surface area contributed by atoms with Crippen LogP contribution in [0.2, 0.25) is 0 Å². The third-order valence-electron chi connectivity index (χ3n) is 2.54. The molecular weight excluding hydrogens is 290 g/mol. The van der Waals surface area contributed by atoms with Crippen LogP contribution in [0.4, 0.5) is 11.6 Å². The SMILES string of the molecule is O=C(O)c1ccc(NN=CC=Cc2ccc([N+](=O)[O-])o2)cc1. The molecule has 0 amide bonds. The van der Waals surface area contributed by atoms with Crippen LogP contribution in [0.5, 0.6) is 0 Å². The molecule has 1 aromatic carbocycles. The van der Waals surface area contributed by atoms with E-state index in [0.29, 0.717) is 11.4 Å². The van der Waals surface area contributed by atoms with E-state index in [1.807, 2.05) is 0 Å². The number of hydrazone groups is 1. The second-order valence-electron chi connectivity index (χ2n) is 4.06. The Balaban J connectivity index is 1.88. The van der Waals surface area contributed by atoms with Gasteiger partial charge in [-0.25, -0.2) is 4.79 Å². The van der Waals surface area contributed by atoms with E-state index in [1.54, 1.807) is 18.2 Å². The van der Waals surface area contributed by atoms with E-state index < -0.39 is 10.9 Å². The molecule has 0 aliphatic heterocycles. The normalized spacial score (nSPS) is 11.1. The zero-order valence-electron chi connectivity index (χ0n) is 11.2. The number of rotatable bonds is 6. The van der Waals surface area contributed by atoms with Crippen LogP contribution in [0.1, 0.15) is 16.1 Å². The van der Waals surface area contributed by atoms with Crippen molar-refractivity contribution in [2.24, 2.45) is 5.10 Å². The highest BCUT2D eigenvalue weighted by Crippen LogP contribution is 2.16. The van der Waals surface area contributed by atoms with E-state index in [4.69, 9.17) is 9.52 Å². The van der Waals surface area contributed by atoms with Crippen LogP contribution in [0.15, 0.2) is 52.0 Å². The average Bonchev–Trinajstić information content (AvgIpc) is 2.96. The molecular formula is C14H11N3O5. The fourth-order valence-corrected chi connectivity index (χ4v) is 1.51. The van der Waals surface area contributed by atoms with Crippen molar-refractivity contribution in [2.45, 2.75) is 0 Å². The van der Waals surface area contributed by atoms with E-state index in [2.05, 4.69) is 10.5 Å². The number of hydrogen-bond donors (Lipinski definition) is 2. The summed E-state index contributed by atoms with van der Waals surface area (Å²) in [7, 11) is 0. The molecule has 0 saturated carbocycles. The first-order chi connectivity index (χ1) is 10.6. The van der Waals surface area contributed by atoms with Gasteiger partial charge in [-0.3, -0.25) is 15.5 Å². The molecule has 1 heterocycles. The average molecular weight is 301 g/mol. The van der Waals surface area contributed by atoms with Gasteiger partial charge in [-0.1, -0.05) is 0 Å². The summed E-state index contributed by atoms with van der Waals surface area (Å²) in [6, 6.07) is 8.82. The van der Waals surface area contributed by atoms with E-state index in [1.165, 1.54) is 36.6 Å². The van der Waals surface area contributed by atoms with Gasteiger partial charge in [-0.15, -0.1) is 0 Å². The molecule has 1 aromatic heterocycles. The van der Waals surface area contributed by atoms with Crippen molar-refractivity contribution < 1.29 is 19.2 Å². The molecule has 2 rings (SSSR count). The largest absolute Gasteiger partial charge is 0.478 e. The van der Waals surface area contributed by atoms with Crippen LogP contribution in [-0.4, -0.2) is 22.2 Å². The summed E-state index contributed by atoms with van der Waals surface area (Å²) >= 11 is 0. The molecule has 0 radical (unpaired) electrons. The lowest BCUT2D eigenvalue weighted by atomic mass is 10.2. The minimum absolute atomic E-state index is 0.189. The smallest absolute Gasteiger partial charge is 0.433 e. The van der Waals surface area contributed by atoms with Crippen molar-refractivity contribution in [1.29, 1.82) is 0 Å². The predicted molar refractivity (Wildman–Crippen MR) is 79.9 cm³/mol. The third-order valence-corrected chi connectivity index (χ3v) is 2.54. The van der Waals surface area contributed by atoms with Gasteiger partial charge in [0.1, 0.15) is 10.7 Å². The Kier molecular flexibility index (Phi) is 4.66. The molecule has 0 atom stereocenters. The van der Waals surface area contributed by atoms with Crippen LogP contribution >= 0.6 is 0 Å². The fraction of sp³-hybridized carbons (Fsp3) is 0. The first-order valence-electron chi connectivity index (χ1n) is 6.09. The van der Waals surface area contributed by atoms with Crippen molar-refractivity contribution in [3.05, 3.63) is 63.9 Å². The first kappa shape index (κ1) is 15.0. The summed E-state index contributed by atoms with van der Waals surface area (Å²) in [5.74, 6) is -0.984. The number of anilines is 1. The molecule has 2 aromatic rings. The molecule has 0 saturated heterocycles. The Labute approximate surface area is 124 Å². The van der Waals surface area contributed by atoms with Crippen molar-refractivity contribution in [1.82, 2.24) is 0 Å². The zero-order chi connectivity index (χ0) is 15.9. The number of carboxylic acids is 1. The number of nitrogens with one attached hydrogen (secondary N) is 1. The highest BCUT2D eigenvalue weighted by Gasteiger charge is 2.09. The maximum Gasteiger partial charge on any atom is 0.433 e. The monoisotopic (exact) mass is 301 g/mol. The molecule has 0 bridgehead atoms. The topological polar surface area (TPSA) is 118 Å². The van der Waals surface area contributed by atoms with Crippen LogP contribution in [-0.2, 0) is 0 Å². The van der Waals surface area contributed by atoms with E-state index in [0.717, 1.165) is 0 Å². The van der Waals surface area contributed by atoms with Crippen LogP contribution in [0, 0.1) is 10.1 Å². The molecule has 0 aliphatic carbocycles. The Morgan fingerprint density at radius 3 is 2.59 bits per heavy atom. The van der Waals surface area contributed by atoms with Gasteiger partial charge in [-0.05, 0) is 42.5 Å². The van der Waals surface area contributed by atoms with Gasteiger partial charge >= 0.3 is 11.9 Å². The maximum absolute atomic E-state index is 10.7. The van der Waals surface area contributed by atoms with E-state index >= 15 is 0 Å².